The van der Waals surface area contributed by atoms with Gasteiger partial charge in [0.25, 0.3) is 0 Å². The minimum Gasteiger partial charge on any atom is -0.481 e. The van der Waals surface area contributed by atoms with Crippen LogP contribution in [-0.2, 0) is 20.7 Å². The summed E-state index contributed by atoms with van der Waals surface area (Å²) < 4.78 is 21.2. The molecule has 5 unspecified atom stereocenters. The van der Waals surface area contributed by atoms with E-state index in [2.05, 4.69) is 0 Å². The smallest absolute Gasteiger partial charge is 0.304 e. The fraction of sp³-hybridized carbons (Fsp3) is 0.481. The maximum absolute atomic E-state index is 14.4. The van der Waals surface area contributed by atoms with Gasteiger partial charge in [-0.25, -0.2) is 4.21 Å². The topological polar surface area (TPSA) is 94.9 Å². The van der Waals surface area contributed by atoms with Crippen LogP contribution in [0.25, 0.3) is 0 Å². The Hall–Kier alpha value is -1.93. The highest BCUT2D eigenvalue weighted by Crippen LogP contribution is 2.55. The molecular weight excluding hydrogens is 521 g/mol. The van der Waals surface area contributed by atoms with Gasteiger partial charge in [0, 0.05) is 22.0 Å². The molecule has 5 atom stereocenters. The Bertz CT molecular complexity index is 1140. The maximum atomic E-state index is 14.4. The number of benzene rings is 2. The largest absolute Gasteiger partial charge is 0.481 e. The number of nitrogens with zero attached hydrogens (tertiary/aromatic N) is 1. The van der Waals surface area contributed by atoms with Crippen molar-refractivity contribution in [2.24, 2.45) is 11.3 Å². The van der Waals surface area contributed by atoms with Gasteiger partial charge < -0.3 is 14.6 Å². The summed E-state index contributed by atoms with van der Waals surface area (Å²) in [6, 6.07) is 14.3. The molecule has 1 saturated heterocycles. The van der Waals surface area contributed by atoms with E-state index in [-0.39, 0.29) is 42.0 Å². The molecule has 0 bridgehead atoms. The molecule has 1 aliphatic heterocycles. The van der Waals surface area contributed by atoms with Gasteiger partial charge in [-0.2, -0.15) is 0 Å². The van der Waals surface area contributed by atoms with E-state index in [1.807, 2.05) is 42.2 Å². The summed E-state index contributed by atoms with van der Waals surface area (Å²) in [7, 11) is 0. The van der Waals surface area contributed by atoms with Gasteiger partial charge in [-0.15, -0.1) is 0 Å². The first-order chi connectivity index (χ1) is 17.1. The molecular formula is C27H31Cl2NO5S. The summed E-state index contributed by atoms with van der Waals surface area (Å²) in [5.41, 5.74) is 0.740. The first-order valence-corrected chi connectivity index (χ1v) is 14.3. The summed E-state index contributed by atoms with van der Waals surface area (Å²) in [4.78, 5) is 28.3. The Balaban J connectivity index is 1.91. The lowest BCUT2D eigenvalue weighted by atomic mass is 9.64. The highest BCUT2D eigenvalue weighted by atomic mass is 35.5. The summed E-state index contributed by atoms with van der Waals surface area (Å²) in [5, 5.41) is 11.0. The second-order valence-corrected chi connectivity index (χ2v) is 11.9. The molecule has 0 aromatic heterocycles. The van der Waals surface area contributed by atoms with Crippen LogP contribution in [0.15, 0.2) is 48.5 Å². The van der Waals surface area contributed by atoms with Crippen LogP contribution in [0.5, 0.6) is 0 Å². The zero-order chi connectivity index (χ0) is 26.0. The molecule has 9 heteroatoms. The zero-order valence-corrected chi connectivity index (χ0v) is 22.4. The van der Waals surface area contributed by atoms with E-state index in [0.29, 0.717) is 29.3 Å². The summed E-state index contributed by atoms with van der Waals surface area (Å²) in [6.45, 7) is 1.87. The van der Waals surface area contributed by atoms with Crippen molar-refractivity contribution in [3.05, 3.63) is 69.7 Å². The molecule has 2 aliphatic rings. The van der Waals surface area contributed by atoms with E-state index < -0.39 is 22.5 Å². The second-order valence-electron chi connectivity index (χ2n) is 10.00. The lowest BCUT2D eigenvalue weighted by molar-refractivity contribution is -0.163. The molecule has 1 aliphatic carbocycles. The molecule has 1 saturated carbocycles. The van der Waals surface area contributed by atoms with Gasteiger partial charge in [-0.3, -0.25) is 9.59 Å². The van der Waals surface area contributed by atoms with Gasteiger partial charge in [0.1, 0.15) is 0 Å². The summed E-state index contributed by atoms with van der Waals surface area (Å²) in [6.07, 6.45) is 2.70. The van der Waals surface area contributed by atoms with Crippen molar-refractivity contribution in [1.82, 2.24) is 4.90 Å². The number of aliphatic carboxylic acids is 1. The summed E-state index contributed by atoms with van der Waals surface area (Å²) in [5.74, 6) is -1.16. The number of carbonyl (C=O) groups excluding carboxylic acids is 1. The van der Waals surface area contributed by atoms with Crippen molar-refractivity contribution < 1.29 is 23.5 Å². The first kappa shape index (κ1) is 27.1. The van der Waals surface area contributed by atoms with Crippen molar-refractivity contribution in [1.29, 1.82) is 0 Å². The van der Waals surface area contributed by atoms with Gasteiger partial charge in [0.2, 0.25) is 5.91 Å². The lowest BCUT2D eigenvalue weighted by Crippen LogP contribution is -2.57. The van der Waals surface area contributed by atoms with Gasteiger partial charge in [0.15, 0.2) is 11.1 Å². The molecule has 2 aromatic carbocycles. The lowest BCUT2D eigenvalue weighted by Gasteiger charge is -2.53. The Labute approximate surface area is 224 Å². The number of likely N-dealkylation sites (tertiary alicyclic amines) is 1. The average Bonchev–Trinajstić information content (AvgIpc) is 3.67. The van der Waals surface area contributed by atoms with Crippen molar-refractivity contribution >= 4 is 46.2 Å². The molecule has 2 N–H and O–H groups in total. The molecule has 2 aromatic rings. The fourth-order valence-electron chi connectivity index (χ4n) is 5.82. The van der Waals surface area contributed by atoms with Crippen molar-refractivity contribution in [3.8, 4) is 0 Å². The number of hydrogen-bond donors (Lipinski definition) is 2. The van der Waals surface area contributed by atoms with Gasteiger partial charge in [0.05, 0.1) is 23.6 Å². The molecule has 1 amide bonds. The van der Waals surface area contributed by atoms with Crippen LogP contribution >= 0.6 is 23.2 Å². The Morgan fingerprint density at radius 1 is 1.14 bits per heavy atom. The summed E-state index contributed by atoms with van der Waals surface area (Å²) >= 11 is 10.6. The molecule has 0 radical (unpaired) electrons. The molecule has 4 rings (SSSR count). The SMILES string of the molecule is CCC1(CC(=O)O)CC(c2cccc(Cl)c2)C(c2ccc(Cl)cc2)N(C(CCS(=O)O)C2CC2)C1=O. The Morgan fingerprint density at radius 3 is 2.39 bits per heavy atom. The third kappa shape index (κ3) is 5.80. The van der Waals surface area contributed by atoms with E-state index in [1.165, 1.54) is 0 Å². The molecule has 6 nitrogen and oxygen atoms in total. The van der Waals surface area contributed by atoms with Crippen molar-refractivity contribution in [2.45, 2.75) is 63.5 Å². The monoisotopic (exact) mass is 551 g/mol. The van der Waals surface area contributed by atoms with Crippen LogP contribution in [0.4, 0.5) is 0 Å². The van der Waals surface area contributed by atoms with Crippen molar-refractivity contribution in [3.63, 3.8) is 0 Å². The third-order valence-electron chi connectivity index (χ3n) is 7.75. The highest BCUT2D eigenvalue weighted by molar-refractivity contribution is 7.79. The number of amides is 1. The molecule has 36 heavy (non-hydrogen) atoms. The van der Waals surface area contributed by atoms with Crippen LogP contribution in [0.1, 0.15) is 68.5 Å². The van der Waals surface area contributed by atoms with Gasteiger partial charge >= 0.3 is 5.97 Å². The highest BCUT2D eigenvalue weighted by Gasteiger charge is 2.55. The minimum atomic E-state index is -1.99. The number of carboxylic acid groups (broad SMARTS) is 1. The van der Waals surface area contributed by atoms with E-state index in [4.69, 9.17) is 23.2 Å². The second kappa shape index (κ2) is 11.2. The number of carboxylic acids is 1. The predicted octanol–water partition coefficient (Wildman–Crippen LogP) is 6.31. The standard InChI is InChI=1S/C27H31Cl2NO5S/c1-2-27(16-24(31)32)15-22(19-4-3-5-21(29)14-19)25(18-8-10-20(28)11-9-18)30(26(27)33)23(17-6-7-17)12-13-36(34)35/h3-5,8-11,14,17,22-23,25H,2,6-7,12-13,15-16H2,1H3,(H,31,32)(H,34,35). The van der Waals surface area contributed by atoms with E-state index >= 15 is 0 Å². The van der Waals surface area contributed by atoms with Crippen LogP contribution in [-0.4, -0.2) is 42.4 Å². The normalized spacial score (nSPS) is 26.0. The third-order valence-corrected chi connectivity index (χ3v) is 8.82. The van der Waals surface area contributed by atoms with Crippen LogP contribution in [0.2, 0.25) is 10.0 Å². The van der Waals surface area contributed by atoms with Crippen LogP contribution in [0.3, 0.4) is 0 Å². The van der Waals surface area contributed by atoms with E-state index in [1.54, 1.807) is 18.2 Å². The van der Waals surface area contributed by atoms with Gasteiger partial charge in [-0.05, 0) is 73.4 Å². The van der Waals surface area contributed by atoms with E-state index in [9.17, 15) is 23.5 Å². The molecule has 2 fully saturated rings. The Kier molecular flexibility index (Phi) is 8.45. The van der Waals surface area contributed by atoms with Crippen LogP contribution in [0, 0.1) is 11.3 Å². The zero-order valence-electron chi connectivity index (χ0n) is 20.1. The maximum Gasteiger partial charge on any atom is 0.304 e. The minimum absolute atomic E-state index is 0.0537. The quantitative estimate of drug-likeness (QED) is 0.337. The number of rotatable bonds is 10. The fourth-order valence-corrected chi connectivity index (χ4v) is 6.59. The van der Waals surface area contributed by atoms with E-state index in [0.717, 1.165) is 24.0 Å². The molecule has 1 heterocycles. The number of hydrogen-bond acceptors (Lipinski definition) is 3. The van der Waals surface area contributed by atoms with Crippen molar-refractivity contribution in [2.75, 3.05) is 5.75 Å². The number of halogens is 2. The van der Waals surface area contributed by atoms with Crippen LogP contribution < -0.4 is 0 Å². The number of piperidine rings is 1. The Morgan fingerprint density at radius 2 is 1.83 bits per heavy atom. The molecule has 194 valence electrons. The number of carbonyl (C=O) groups is 2. The predicted molar refractivity (Wildman–Crippen MR) is 142 cm³/mol. The average molecular weight is 553 g/mol. The van der Waals surface area contributed by atoms with Gasteiger partial charge in [-0.1, -0.05) is 54.4 Å². The molecule has 0 spiro atoms. The first-order valence-electron chi connectivity index (χ1n) is 12.3.